The molecule has 560 valence electrons. The maximum absolute atomic E-state index is 12.8. The number of carbonyl (C=O) groups is 2. The van der Waals surface area contributed by atoms with E-state index in [1.165, 1.54) is 6.92 Å². The van der Waals surface area contributed by atoms with E-state index in [0.717, 1.165) is 13.8 Å². The van der Waals surface area contributed by atoms with Gasteiger partial charge in [-0.05, 0) is 12.8 Å². The van der Waals surface area contributed by atoms with Crippen LogP contribution in [0.1, 0.15) is 33.6 Å². The van der Waals surface area contributed by atoms with Crippen LogP contribution >= 0.6 is 0 Å². The number of amides is 2. The van der Waals surface area contributed by atoms with Gasteiger partial charge in [-0.1, -0.05) is 0 Å². The lowest BCUT2D eigenvalue weighted by atomic mass is 9.81. The second-order valence-corrected chi connectivity index (χ2v) is 25.6. The lowest BCUT2D eigenvalue weighted by Gasteiger charge is -2.51. The highest BCUT2D eigenvalue weighted by molar-refractivity contribution is 5.75. The summed E-state index contributed by atoms with van der Waals surface area (Å²) in [5.41, 5.74) is 0. The molecule has 0 aromatic rings. The van der Waals surface area contributed by atoms with Crippen LogP contribution in [0.25, 0.3) is 0 Å². The molecule has 6 saturated heterocycles. The predicted molar refractivity (Wildman–Crippen MR) is 304 cm³/mol. The molecule has 9 aliphatic rings. The first-order valence-corrected chi connectivity index (χ1v) is 31.7. The minimum atomic E-state index is -2.34. The van der Waals surface area contributed by atoms with Crippen molar-refractivity contribution in [1.82, 2.24) is 10.6 Å². The van der Waals surface area contributed by atoms with E-state index in [9.17, 15) is 122 Å². The Labute approximate surface area is 551 Å². The summed E-state index contributed by atoms with van der Waals surface area (Å²) in [4.78, 5) is 29.8. The van der Waals surface area contributed by atoms with Crippen molar-refractivity contribution in [2.24, 2.45) is 16.8 Å². The van der Waals surface area contributed by atoms with Crippen molar-refractivity contribution < 1.29 is 188 Å². The number of ether oxygens (including phenoxy) is 14. The largest absolute Gasteiger partial charge is 0.450 e. The summed E-state index contributed by atoms with van der Waals surface area (Å²) in [6.07, 6.45) is -66.7. The van der Waals surface area contributed by atoms with E-state index in [0.29, 0.717) is 0 Å². The Morgan fingerprint density at radius 3 is 1.22 bits per heavy atom. The van der Waals surface area contributed by atoms with Gasteiger partial charge in [0.25, 0.3) is 0 Å². The van der Waals surface area contributed by atoms with Crippen LogP contribution in [0.15, 0.2) is 4.99 Å². The molecule has 0 aromatic carbocycles. The fourth-order valence-electron chi connectivity index (χ4n) is 13.7. The van der Waals surface area contributed by atoms with Gasteiger partial charge in [0.15, 0.2) is 37.3 Å². The number of hydrogen-bond acceptors (Lipinski definition) is 39. The van der Waals surface area contributed by atoms with Gasteiger partial charge in [0.2, 0.25) is 18.1 Å². The maximum atomic E-state index is 12.8. The fraction of sp³-hybridized carbons (Fsp3) is 0.946. The van der Waals surface area contributed by atoms with Gasteiger partial charge in [0.1, 0.15) is 171 Å². The Morgan fingerprint density at radius 2 is 0.773 bits per heavy atom. The predicted octanol–water partition coefficient (Wildman–Crippen LogP) is -15.4. The van der Waals surface area contributed by atoms with Crippen LogP contribution in [-0.2, 0) is 75.9 Å². The molecule has 0 bridgehead atoms. The SMILES string of the molecule is CC(=O)NC1C(OC2C(OCC3OC(OC4C(CO)OC5OC(C)=NC5C4O)C(O)C(OC4OC(CO)C(O)C(O)C4OC4OC(CO)C(OC5CC(CO)C(O)C(O)C5O)C(O)C4NC(C)=O)C3O)OC(CO)C(O)C2O)OC(CO)C(OC2CC(CO)C(O)C(O)C2O)C1O. The van der Waals surface area contributed by atoms with E-state index in [1.54, 1.807) is 0 Å². The van der Waals surface area contributed by atoms with Gasteiger partial charge in [0.05, 0.1) is 64.1 Å². The first-order valence-electron chi connectivity index (χ1n) is 31.7. The molecule has 9 rings (SSSR count). The zero-order chi connectivity index (χ0) is 70.9. The van der Waals surface area contributed by atoms with E-state index in [1.807, 2.05) is 0 Å². The van der Waals surface area contributed by atoms with Gasteiger partial charge in [-0.3, -0.25) is 9.59 Å². The van der Waals surface area contributed by atoms with Crippen molar-refractivity contribution in [2.45, 2.75) is 266 Å². The zero-order valence-electron chi connectivity index (χ0n) is 52.5. The Balaban J connectivity index is 1.01. The van der Waals surface area contributed by atoms with Crippen molar-refractivity contribution in [2.75, 3.05) is 52.9 Å². The molecule has 40 unspecified atom stereocenters. The average molecular weight is 1420 g/mol. The van der Waals surface area contributed by atoms with Gasteiger partial charge in [0, 0.05) is 45.8 Å². The molecule has 0 radical (unpaired) electrons. The molecule has 7 aliphatic heterocycles. The molecule has 7 heterocycles. The maximum Gasteiger partial charge on any atom is 0.227 e. The lowest BCUT2D eigenvalue weighted by molar-refractivity contribution is -0.394. The van der Waals surface area contributed by atoms with Gasteiger partial charge < -0.3 is 189 Å². The van der Waals surface area contributed by atoms with Crippen molar-refractivity contribution in [3.63, 3.8) is 0 Å². The molecule has 24 N–H and O–H groups in total. The van der Waals surface area contributed by atoms with E-state index >= 15 is 0 Å². The summed E-state index contributed by atoms with van der Waals surface area (Å²) in [6.45, 7) is -3.95. The summed E-state index contributed by atoms with van der Waals surface area (Å²) >= 11 is 0. The Bertz CT molecular complexity index is 2540. The summed E-state index contributed by atoms with van der Waals surface area (Å²) < 4.78 is 84.2. The summed E-state index contributed by atoms with van der Waals surface area (Å²) in [6, 6.07) is -4.78. The number of rotatable bonds is 24. The normalized spacial score (nSPS) is 50.4. The first-order chi connectivity index (χ1) is 46.0. The van der Waals surface area contributed by atoms with Gasteiger partial charge >= 0.3 is 0 Å². The molecular weight excluding hydrogens is 1320 g/mol. The van der Waals surface area contributed by atoms with E-state index in [-0.39, 0.29) is 18.7 Å². The van der Waals surface area contributed by atoms with Crippen LogP contribution in [0.2, 0.25) is 0 Å². The van der Waals surface area contributed by atoms with E-state index in [2.05, 4.69) is 15.6 Å². The summed E-state index contributed by atoms with van der Waals surface area (Å²) in [7, 11) is 0. The second kappa shape index (κ2) is 33.6. The number of hydrogen-bond donors (Lipinski definition) is 24. The first kappa shape index (κ1) is 78.2. The number of aliphatic hydroxyl groups excluding tert-OH is 22. The van der Waals surface area contributed by atoms with Crippen molar-refractivity contribution in [1.29, 1.82) is 0 Å². The van der Waals surface area contributed by atoms with Crippen LogP contribution in [-0.4, -0.2) is 416 Å². The molecule has 2 saturated carbocycles. The molecule has 41 nitrogen and oxygen atoms in total. The molecule has 41 heteroatoms. The lowest BCUT2D eigenvalue weighted by Crippen LogP contribution is -2.70. The molecule has 2 aliphatic carbocycles. The van der Waals surface area contributed by atoms with Crippen molar-refractivity contribution >= 4 is 17.7 Å². The highest BCUT2D eigenvalue weighted by Gasteiger charge is 2.60. The third-order valence-corrected chi connectivity index (χ3v) is 19.1. The van der Waals surface area contributed by atoms with Crippen LogP contribution in [0.5, 0.6) is 0 Å². The third-order valence-electron chi connectivity index (χ3n) is 19.1. The van der Waals surface area contributed by atoms with Gasteiger partial charge in [-0.15, -0.1) is 0 Å². The van der Waals surface area contributed by atoms with Crippen LogP contribution in [0.3, 0.4) is 0 Å². The highest BCUT2D eigenvalue weighted by atomic mass is 16.8. The Morgan fingerprint density at radius 1 is 0.381 bits per heavy atom. The quantitative estimate of drug-likeness (QED) is 0.0427. The smallest absolute Gasteiger partial charge is 0.227 e. The second-order valence-electron chi connectivity index (χ2n) is 25.6. The number of aliphatic hydroxyl groups is 22. The molecule has 2 amide bonds. The van der Waals surface area contributed by atoms with Crippen LogP contribution in [0, 0.1) is 11.8 Å². The highest BCUT2D eigenvalue weighted by Crippen LogP contribution is 2.40. The number of aliphatic imine (C=N–C) groups is 1. The molecule has 97 heavy (non-hydrogen) atoms. The minimum Gasteiger partial charge on any atom is -0.450 e. The average Bonchev–Trinajstić information content (AvgIpc) is 1.43. The third kappa shape index (κ3) is 16.5. The number of nitrogens with zero attached hydrogens (tertiary/aromatic N) is 1. The Kier molecular flexibility index (Phi) is 27.1. The molecule has 40 atom stereocenters. The fourth-order valence-corrected chi connectivity index (χ4v) is 13.7. The minimum absolute atomic E-state index is 0.0650. The van der Waals surface area contributed by atoms with E-state index < -0.39 is 309 Å². The van der Waals surface area contributed by atoms with Gasteiger partial charge in [-0.2, -0.15) is 0 Å². The van der Waals surface area contributed by atoms with Crippen LogP contribution < -0.4 is 10.6 Å². The topological polar surface area (TPSA) is 645 Å². The molecular formula is C56H93N3O38. The Hall–Kier alpha value is -2.99. The molecule has 0 aromatic heterocycles. The number of carbonyl (C=O) groups excluding carboxylic acids is 2. The number of nitrogens with one attached hydrogen (secondary N) is 2. The molecule has 0 spiro atoms. The monoisotopic (exact) mass is 1420 g/mol. The summed E-state index contributed by atoms with van der Waals surface area (Å²) in [5, 5.41) is 247. The van der Waals surface area contributed by atoms with Crippen LogP contribution in [0.4, 0.5) is 0 Å². The summed E-state index contributed by atoms with van der Waals surface area (Å²) in [5.74, 6) is -3.73. The standard InChI is InChI=1S/C56H93N3O38/c1-14(67)57-27-37(76)45(86-19-4-17(6-60)30(69)40(79)32(19)71)23(10-64)91-52(27)96-49-42(81)34(73)21(8-62)88-55(49)84-13-26-36(75)48(44(83)54(93-26)94-47-25(12-66)90-51-29(39(47)78)59-16(3)85-51)95-56-50(43(82)35(74)22(9-63)89-56)97-53-28(58-15(2)68)38(77)46(24(11-65)92-53)87-20-5-18(7-61)31(70)41(80)33(20)72/h17-56,60-66,69-83H,4-13H2,1-3H3,(H,57,67)(H,58,68). The van der Waals surface area contributed by atoms with E-state index in [4.69, 9.17) is 66.3 Å². The molecule has 8 fully saturated rings. The van der Waals surface area contributed by atoms with Gasteiger partial charge in [-0.25, -0.2) is 4.99 Å². The van der Waals surface area contributed by atoms with Crippen molar-refractivity contribution in [3.8, 4) is 0 Å². The zero-order valence-corrected chi connectivity index (χ0v) is 52.5. The number of fused-ring (bicyclic) bond motifs is 1. The van der Waals surface area contributed by atoms with Crippen molar-refractivity contribution in [3.05, 3.63) is 0 Å².